The average molecular weight is 271 g/mol. The van der Waals surface area contributed by atoms with Crippen LogP contribution in [-0.2, 0) is 4.74 Å². The lowest BCUT2D eigenvalue weighted by Gasteiger charge is -2.07. The van der Waals surface area contributed by atoms with Crippen LogP contribution >= 0.6 is 11.6 Å². The first kappa shape index (κ1) is 14.5. The number of halogens is 1. The van der Waals surface area contributed by atoms with Crippen LogP contribution in [0.3, 0.4) is 0 Å². The Kier molecular flexibility index (Phi) is 6.18. The molecule has 0 atom stereocenters. The molecular weight excluding hydrogens is 256 g/mol. The van der Waals surface area contributed by atoms with E-state index in [4.69, 9.17) is 16.3 Å². The van der Waals surface area contributed by atoms with E-state index >= 15 is 0 Å². The summed E-state index contributed by atoms with van der Waals surface area (Å²) in [6, 6.07) is 4.52. The van der Waals surface area contributed by atoms with Crippen molar-refractivity contribution in [3.63, 3.8) is 0 Å². The molecular formula is C12H15ClN2O3. The third-order valence-electron chi connectivity index (χ3n) is 2.18. The summed E-state index contributed by atoms with van der Waals surface area (Å²) in [5.74, 6) is 0. The summed E-state index contributed by atoms with van der Waals surface area (Å²) < 4.78 is 5.29. The number of hydrogen-bond donors (Lipinski definition) is 1. The van der Waals surface area contributed by atoms with Crippen molar-refractivity contribution in [2.75, 3.05) is 25.1 Å². The fourth-order valence-corrected chi connectivity index (χ4v) is 1.50. The number of ether oxygens (including phenoxy) is 1. The van der Waals surface area contributed by atoms with E-state index < -0.39 is 4.92 Å². The van der Waals surface area contributed by atoms with Gasteiger partial charge in [-0.05, 0) is 18.6 Å². The van der Waals surface area contributed by atoms with Crippen molar-refractivity contribution in [1.29, 1.82) is 0 Å². The number of nitrogens with zero attached hydrogens (tertiary/aromatic N) is 1. The third kappa shape index (κ3) is 4.73. The number of nitro groups is 1. The Morgan fingerprint density at radius 3 is 2.94 bits per heavy atom. The summed E-state index contributed by atoms with van der Waals surface area (Å²) in [4.78, 5) is 10.3. The van der Waals surface area contributed by atoms with Gasteiger partial charge in [-0.25, -0.2) is 0 Å². The predicted molar refractivity (Wildman–Crippen MR) is 72.2 cm³/mol. The SMILES string of the molecule is C=CCCOCCNc1ccc(Cl)cc1[N+](=O)[O-]. The first-order valence-corrected chi connectivity index (χ1v) is 5.89. The number of nitrogens with one attached hydrogen (secondary N) is 1. The molecule has 5 nitrogen and oxygen atoms in total. The molecule has 1 aromatic carbocycles. The standard InChI is InChI=1S/C12H15ClN2O3/c1-2-3-7-18-8-6-14-11-5-4-10(13)9-12(11)15(16)17/h2,4-5,9,14H,1,3,6-8H2. The minimum absolute atomic E-state index is 0.0337. The van der Waals surface area contributed by atoms with Gasteiger partial charge in [0.15, 0.2) is 0 Å². The quantitative estimate of drug-likeness (QED) is 0.341. The van der Waals surface area contributed by atoms with Crippen molar-refractivity contribution in [3.05, 3.63) is 46.0 Å². The maximum atomic E-state index is 10.8. The fraction of sp³-hybridized carbons (Fsp3) is 0.333. The lowest BCUT2D eigenvalue weighted by atomic mass is 10.2. The van der Waals surface area contributed by atoms with E-state index in [1.165, 1.54) is 6.07 Å². The molecule has 0 aliphatic carbocycles. The molecule has 18 heavy (non-hydrogen) atoms. The minimum atomic E-state index is -0.465. The summed E-state index contributed by atoms with van der Waals surface area (Å²) in [5.41, 5.74) is 0.408. The zero-order chi connectivity index (χ0) is 13.4. The topological polar surface area (TPSA) is 64.4 Å². The van der Waals surface area contributed by atoms with E-state index in [-0.39, 0.29) is 5.69 Å². The molecule has 1 N–H and O–H groups in total. The minimum Gasteiger partial charge on any atom is -0.379 e. The zero-order valence-corrected chi connectivity index (χ0v) is 10.7. The molecule has 1 aromatic rings. The van der Waals surface area contributed by atoms with Gasteiger partial charge in [-0.1, -0.05) is 17.7 Å². The van der Waals surface area contributed by atoms with E-state index in [1.807, 2.05) is 0 Å². The van der Waals surface area contributed by atoms with Crippen LogP contribution in [0, 0.1) is 10.1 Å². The molecule has 0 aliphatic rings. The molecule has 0 saturated heterocycles. The van der Waals surface area contributed by atoms with Gasteiger partial charge < -0.3 is 10.1 Å². The van der Waals surface area contributed by atoms with E-state index in [9.17, 15) is 10.1 Å². The summed E-state index contributed by atoms with van der Waals surface area (Å²) >= 11 is 5.71. The Hall–Kier alpha value is -1.59. The van der Waals surface area contributed by atoms with Gasteiger partial charge in [0.05, 0.1) is 18.1 Å². The van der Waals surface area contributed by atoms with Crippen LogP contribution in [0.15, 0.2) is 30.9 Å². The van der Waals surface area contributed by atoms with Crippen molar-refractivity contribution >= 4 is 23.0 Å². The Morgan fingerprint density at radius 2 is 2.28 bits per heavy atom. The first-order chi connectivity index (χ1) is 8.65. The van der Waals surface area contributed by atoms with Crippen molar-refractivity contribution in [1.82, 2.24) is 0 Å². The Labute approximate surface area is 111 Å². The van der Waals surface area contributed by atoms with Crippen LogP contribution in [0.2, 0.25) is 5.02 Å². The maximum absolute atomic E-state index is 10.8. The van der Waals surface area contributed by atoms with Crippen LogP contribution in [0.25, 0.3) is 0 Å². The molecule has 0 amide bonds. The van der Waals surface area contributed by atoms with Crippen LogP contribution in [0.1, 0.15) is 6.42 Å². The van der Waals surface area contributed by atoms with Crippen LogP contribution in [0.5, 0.6) is 0 Å². The second-order valence-corrected chi connectivity index (χ2v) is 3.97. The lowest BCUT2D eigenvalue weighted by Crippen LogP contribution is -2.11. The molecule has 0 radical (unpaired) electrons. The van der Waals surface area contributed by atoms with Gasteiger partial charge in [-0.15, -0.1) is 6.58 Å². The Balaban J connectivity index is 2.46. The van der Waals surface area contributed by atoms with Gasteiger partial charge in [-0.3, -0.25) is 10.1 Å². The number of benzene rings is 1. The molecule has 98 valence electrons. The highest BCUT2D eigenvalue weighted by Crippen LogP contribution is 2.27. The van der Waals surface area contributed by atoms with Crippen molar-refractivity contribution < 1.29 is 9.66 Å². The summed E-state index contributed by atoms with van der Waals surface area (Å²) in [7, 11) is 0. The van der Waals surface area contributed by atoms with Crippen LogP contribution < -0.4 is 5.32 Å². The van der Waals surface area contributed by atoms with Gasteiger partial charge in [0, 0.05) is 17.6 Å². The summed E-state index contributed by atoms with van der Waals surface area (Å²) in [5, 5.41) is 14.1. The second-order valence-electron chi connectivity index (χ2n) is 3.54. The number of hydrogen-bond acceptors (Lipinski definition) is 4. The average Bonchev–Trinajstić information content (AvgIpc) is 2.35. The highest BCUT2D eigenvalue weighted by molar-refractivity contribution is 6.30. The predicted octanol–water partition coefficient (Wildman–Crippen LogP) is 3.25. The van der Waals surface area contributed by atoms with Crippen LogP contribution in [0.4, 0.5) is 11.4 Å². The summed E-state index contributed by atoms with van der Waals surface area (Å²) in [6.45, 7) is 5.17. The van der Waals surface area contributed by atoms with Crippen molar-refractivity contribution in [2.24, 2.45) is 0 Å². The third-order valence-corrected chi connectivity index (χ3v) is 2.42. The van der Waals surface area contributed by atoms with Crippen LogP contribution in [-0.4, -0.2) is 24.7 Å². The normalized spacial score (nSPS) is 10.1. The molecule has 0 saturated carbocycles. The Morgan fingerprint density at radius 1 is 1.50 bits per heavy atom. The molecule has 0 spiro atoms. The number of nitro benzene ring substituents is 1. The highest BCUT2D eigenvalue weighted by Gasteiger charge is 2.13. The van der Waals surface area contributed by atoms with Gasteiger partial charge in [0.1, 0.15) is 5.69 Å². The molecule has 0 aromatic heterocycles. The van der Waals surface area contributed by atoms with Crippen molar-refractivity contribution in [3.8, 4) is 0 Å². The van der Waals surface area contributed by atoms with E-state index in [1.54, 1.807) is 18.2 Å². The second kappa shape index (κ2) is 7.68. The lowest BCUT2D eigenvalue weighted by molar-refractivity contribution is -0.383. The van der Waals surface area contributed by atoms with E-state index in [0.717, 1.165) is 6.42 Å². The van der Waals surface area contributed by atoms with Crippen molar-refractivity contribution in [2.45, 2.75) is 6.42 Å². The molecule has 0 fully saturated rings. The van der Waals surface area contributed by atoms with Gasteiger partial charge in [0.25, 0.3) is 5.69 Å². The molecule has 0 bridgehead atoms. The molecule has 1 rings (SSSR count). The van der Waals surface area contributed by atoms with Gasteiger partial charge >= 0.3 is 0 Å². The number of anilines is 1. The molecule has 0 unspecified atom stereocenters. The van der Waals surface area contributed by atoms with Gasteiger partial charge in [-0.2, -0.15) is 0 Å². The first-order valence-electron chi connectivity index (χ1n) is 5.51. The maximum Gasteiger partial charge on any atom is 0.293 e. The van der Waals surface area contributed by atoms with E-state index in [0.29, 0.717) is 30.5 Å². The molecule has 0 aliphatic heterocycles. The zero-order valence-electron chi connectivity index (χ0n) is 9.89. The fourth-order valence-electron chi connectivity index (χ4n) is 1.33. The van der Waals surface area contributed by atoms with E-state index in [2.05, 4.69) is 11.9 Å². The Bertz CT molecular complexity index is 424. The van der Waals surface area contributed by atoms with Gasteiger partial charge in [0.2, 0.25) is 0 Å². The highest BCUT2D eigenvalue weighted by atomic mass is 35.5. The molecule has 0 heterocycles. The monoisotopic (exact) mass is 270 g/mol. The largest absolute Gasteiger partial charge is 0.379 e. The smallest absolute Gasteiger partial charge is 0.293 e. The number of rotatable bonds is 8. The summed E-state index contributed by atoms with van der Waals surface area (Å²) in [6.07, 6.45) is 2.57. The molecule has 6 heteroatoms.